The second kappa shape index (κ2) is 8.19. The molecule has 2 aliphatic rings. The van der Waals surface area contributed by atoms with Gasteiger partial charge < -0.3 is 15.5 Å². The molecule has 2 amide bonds. The molecular weight excluding hydrogens is 360 g/mol. The third-order valence-electron chi connectivity index (χ3n) is 5.22. The Kier molecular flexibility index (Phi) is 5.50. The molecule has 4 rings (SSSR count). The number of nitrogens with zero attached hydrogens (tertiary/aromatic N) is 2. The zero-order valence-electron chi connectivity index (χ0n) is 15.2. The van der Waals surface area contributed by atoms with E-state index in [0.717, 1.165) is 38.4 Å². The molecule has 7 heteroatoms. The lowest BCUT2D eigenvalue weighted by molar-refractivity contribution is 0.0711. The molecule has 1 saturated carbocycles. The van der Waals surface area contributed by atoms with Gasteiger partial charge in [-0.15, -0.1) is 11.3 Å². The van der Waals surface area contributed by atoms with E-state index in [1.807, 2.05) is 10.3 Å². The molecule has 6 nitrogen and oxygen atoms in total. The summed E-state index contributed by atoms with van der Waals surface area (Å²) >= 11 is 1.38. The fraction of sp³-hybridized carbons (Fsp3) is 0.450. The molecule has 142 valence electrons. The lowest BCUT2D eigenvalue weighted by Gasteiger charge is -2.32. The van der Waals surface area contributed by atoms with Crippen LogP contribution in [0.2, 0.25) is 0 Å². The number of anilines is 1. The molecule has 27 heavy (non-hydrogen) atoms. The number of hydrogen-bond acceptors (Lipinski definition) is 5. The molecule has 0 unspecified atom stereocenters. The number of rotatable bonds is 6. The molecule has 1 aliphatic heterocycles. The number of aromatic nitrogens is 1. The predicted molar refractivity (Wildman–Crippen MR) is 106 cm³/mol. The maximum atomic E-state index is 12.9. The second-order valence-electron chi connectivity index (χ2n) is 7.27. The van der Waals surface area contributed by atoms with Crippen LogP contribution in [0.1, 0.15) is 45.7 Å². The minimum atomic E-state index is -0.229. The summed E-state index contributed by atoms with van der Waals surface area (Å²) in [4.78, 5) is 31.7. The van der Waals surface area contributed by atoms with E-state index in [0.29, 0.717) is 22.2 Å². The van der Waals surface area contributed by atoms with Crippen molar-refractivity contribution >= 4 is 28.8 Å². The first-order valence-corrected chi connectivity index (χ1v) is 10.4. The summed E-state index contributed by atoms with van der Waals surface area (Å²) in [5.41, 5.74) is 1.11. The van der Waals surface area contributed by atoms with Crippen molar-refractivity contribution in [3.63, 3.8) is 0 Å². The van der Waals surface area contributed by atoms with Gasteiger partial charge >= 0.3 is 0 Å². The van der Waals surface area contributed by atoms with E-state index >= 15 is 0 Å². The van der Waals surface area contributed by atoms with Gasteiger partial charge in [0.2, 0.25) is 0 Å². The SMILES string of the molecule is O=C(Nc1ccsc1C(=O)N1CCC(NCC2CC2)CC1)c1ccncc1. The molecule has 2 fully saturated rings. The number of carbonyl (C=O) groups is 2. The van der Waals surface area contributed by atoms with Crippen molar-refractivity contribution in [2.24, 2.45) is 5.92 Å². The van der Waals surface area contributed by atoms with Crippen LogP contribution in [0.4, 0.5) is 5.69 Å². The van der Waals surface area contributed by atoms with Gasteiger partial charge in [-0.1, -0.05) is 0 Å². The van der Waals surface area contributed by atoms with Crippen molar-refractivity contribution in [1.29, 1.82) is 0 Å². The maximum absolute atomic E-state index is 12.9. The van der Waals surface area contributed by atoms with Crippen LogP contribution in [0.3, 0.4) is 0 Å². The molecule has 2 aromatic rings. The smallest absolute Gasteiger partial charge is 0.266 e. The highest BCUT2D eigenvalue weighted by atomic mass is 32.1. The summed E-state index contributed by atoms with van der Waals surface area (Å²) in [6.45, 7) is 2.64. The zero-order chi connectivity index (χ0) is 18.6. The van der Waals surface area contributed by atoms with Gasteiger partial charge in [0.05, 0.1) is 5.69 Å². The normalized spacial score (nSPS) is 17.7. The number of thiophene rings is 1. The van der Waals surface area contributed by atoms with E-state index in [-0.39, 0.29) is 11.8 Å². The van der Waals surface area contributed by atoms with Crippen molar-refractivity contribution in [2.75, 3.05) is 25.0 Å². The molecule has 0 bridgehead atoms. The van der Waals surface area contributed by atoms with Gasteiger partial charge in [-0.05, 0) is 61.7 Å². The topological polar surface area (TPSA) is 74.3 Å². The van der Waals surface area contributed by atoms with Gasteiger partial charge in [-0.3, -0.25) is 14.6 Å². The Balaban J connectivity index is 1.34. The first kappa shape index (κ1) is 18.1. The van der Waals surface area contributed by atoms with Crippen molar-refractivity contribution in [3.8, 4) is 0 Å². The summed E-state index contributed by atoms with van der Waals surface area (Å²) in [7, 11) is 0. The Bertz CT molecular complexity index is 795. The van der Waals surface area contributed by atoms with Gasteiger partial charge in [0.15, 0.2) is 0 Å². The monoisotopic (exact) mass is 384 g/mol. The quantitative estimate of drug-likeness (QED) is 0.803. The highest BCUT2D eigenvalue weighted by molar-refractivity contribution is 7.12. The molecule has 3 heterocycles. The van der Waals surface area contributed by atoms with E-state index in [9.17, 15) is 9.59 Å². The Morgan fingerprint density at radius 3 is 2.56 bits per heavy atom. The number of carbonyl (C=O) groups excluding carboxylic acids is 2. The largest absolute Gasteiger partial charge is 0.338 e. The van der Waals surface area contributed by atoms with Crippen molar-refractivity contribution in [2.45, 2.75) is 31.7 Å². The number of amides is 2. The van der Waals surface area contributed by atoms with Crippen LogP contribution in [-0.4, -0.2) is 47.4 Å². The highest BCUT2D eigenvalue weighted by Gasteiger charge is 2.28. The van der Waals surface area contributed by atoms with Crippen LogP contribution < -0.4 is 10.6 Å². The van der Waals surface area contributed by atoms with Crippen molar-refractivity contribution in [3.05, 3.63) is 46.4 Å². The first-order valence-electron chi connectivity index (χ1n) is 9.52. The number of likely N-dealkylation sites (tertiary alicyclic amines) is 1. The first-order chi connectivity index (χ1) is 13.2. The van der Waals surface area contributed by atoms with Crippen LogP contribution in [0, 0.1) is 5.92 Å². The lowest BCUT2D eigenvalue weighted by atomic mass is 10.0. The van der Waals surface area contributed by atoms with Crippen LogP contribution in [0.15, 0.2) is 36.0 Å². The third-order valence-corrected chi connectivity index (χ3v) is 6.13. The fourth-order valence-electron chi connectivity index (χ4n) is 3.36. The van der Waals surface area contributed by atoms with Crippen LogP contribution in [-0.2, 0) is 0 Å². The standard InChI is InChI=1S/C20H24N4O2S/c25-19(15-3-8-21-9-4-15)23-17-7-12-27-18(17)20(26)24-10-5-16(6-11-24)22-13-14-1-2-14/h3-4,7-9,12,14,16,22H,1-2,5-6,10-11,13H2,(H,23,25). The van der Waals surface area contributed by atoms with Crippen molar-refractivity contribution < 1.29 is 9.59 Å². The van der Waals surface area contributed by atoms with Crippen LogP contribution in [0.5, 0.6) is 0 Å². The molecule has 0 aromatic carbocycles. The van der Waals surface area contributed by atoms with Crippen LogP contribution in [0.25, 0.3) is 0 Å². The van der Waals surface area contributed by atoms with Gasteiger partial charge in [0.1, 0.15) is 4.88 Å². The molecule has 2 aromatic heterocycles. The van der Waals surface area contributed by atoms with Crippen molar-refractivity contribution in [1.82, 2.24) is 15.2 Å². The summed E-state index contributed by atoms with van der Waals surface area (Å²) in [6.07, 6.45) is 7.85. The van der Waals surface area contributed by atoms with Gasteiger partial charge in [-0.2, -0.15) is 0 Å². The lowest BCUT2D eigenvalue weighted by Crippen LogP contribution is -2.45. The molecule has 2 N–H and O–H groups in total. The highest BCUT2D eigenvalue weighted by Crippen LogP contribution is 2.29. The average Bonchev–Trinajstić information content (AvgIpc) is 3.44. The molecule has 1 aliphatic carbocycles. The van der Waals surface area contributed by atoms with E-state index < -0.39 is 0 Å². The Labute approximate surface area is 163 Å². The average molecular weight is 385 g/mol. The summed E-state index contributed by atoms with van der Waals surface area (Å²) in [5.74, 6) is 0.658. The van der Waals surface area contributed by atoms with E-state index in [1.165, 1.54) is 24.2 Å². The Morgan fingerprint density at radius 2 is 1.85 bits per heavy atom. The van der Waals surface area contributed by atoms with E-state index in [1.54, 1.807) is 30.6 Å². The van der Waals surface area contributed by atoms with E-state index in [2.05, 4.69) is 15.6 Å². The molecule has 0 atom stereocenters. The summed E-state index contributed by atoms with van der Waals surface area (Å²) < 4.78 is 0. The number of nitrogens with one attached hydrogen (secondary N) is 2. The van der Waals surface area contributed by atoms with Gasteiger partial charge in [0, 0.05) is 37.1 Å². The summed E-state index contributed by atoms with van der Waals surface area (Å²) in [6, 6.07) is 5.62. The number of piperidine rings is 1. The zero-order valence-corrected chi connectivity index (χ0v) is 16.0. The minimum absolute atomic E-state index is 0.00988. The van der Waals surface area contributed by atoms with Crippen LogP contribution >= 0.6 is 11.3 Å². The minimum Gasteiger partial charge on any atom is -0.338 e. The Morgan fingerprint density at radius 1 is 1.11 bits per heavy atom. The fourth-order valence-corrected chi connectivity index (χ4v) is 4.17. The summed E-state index contributed by atoms with van der Waals surface area (Å²) in [5, 5.41) is 8.34. The van der Waals surface area contributed by atoms with Gasteiger partial charge in [0.25, 0.3) is 11.8 Å². The molecule has 0 spiro atoms. The Hall–Kier alpha value is -2.25. The number of hydrogen-bond donors (Lipinski definition) is 2. The van der Waals surface area contributed by atoms with E-state index in [4.69, 9.17) is 0 Å². The third kappa shape index (κ3) is 4.54. The maximum Gasteiger partial charge on any atom is 0.266 e. The molecule has 0 radical (unpaired) electrons. The van der Waals surface area contributed by atoms with Gasteiger partial charge in [-0.25, -0.2) is 0 Å². The predicted octanol–water partition coefficient (Wildman–Crippen LogP) is 3.00. The molecule has 1 saturated heterocycles. The second-order valence-corrected chi connectivity index (χ2v) is 8.19. The molecular formula is C20H24N4O2S. The number of pyridine rings is 1.